The molecule has 0 bridgehead atoms. The Morgan fingerprint density at radius 3 is 2.25 bits per heavy atom. The van der Waals surface area contributed by atoms with Crippen LogP contribution in [-0.4, -0.2) is 25.5 Å². The first-order valence-corrected chi connectivity index (χ1v) is 8.68. The Balaban J connectivity index is 1.64. The number of halogens is 3. The van der Waals surface area contributed by atoms with Crippen LogP contribution in [0.15, 0.2) is 36.4 Å². The van der Waals surface area contributed by atoms with Gasteiger partial charge in [-0.2, -0.15) is 23.4 Å². The Hall–Kier alpha value is -3.10. The molecule has 148 valence electrons. The van der Waals surface area contributed by atoms with E-state index in [9.17, 15) is 18.0 Å². The number of alkyl halides is 3. The molecule has 0 fully saturated rings. The molecule has 0 unspecified atom stereocenters. The fourth-order valence-corrected chi connectivity index (χ4v) is 2.89. The van der Waals surface area contributed by atoms with Gasteiger partial charge in [-0.05, 0) is 57.2 Å². The van der Waals surface area contributed by atoms with Crippen molar-refractivity contribution >= 4 is 11.6 Å². The normalized spacial score (nSPS) is 11.6. The minimum atomic E-state index is -4.49. The van der Waals surface area contributed by atoms with Crippen LogP contribution < -0.4 is 5.32 Å². The summed E-state index contributed by atoms with van der Waals surface area (Å²) >= 11 is 0. The van der Waals surface area contributed by atoms with Crippen LogP contribution in [0.25, 0.3) is 5.69 Å². The molecule has 3 rings (SSSR count). The molecule has 0 saturated heterocycles. The highest BCUT2D eigenvalue weighted by Crippen LogP contribution is 2.29. The summed E-state index contributed by atoms with van der Waals surface area (Å²) in [5.41, 5.74) is 2.36. The lowest BCUT2D eigenvalue weighted by Gasteiger charge is -2.09. The van der Waals surface area contributed by atoms with Crippen molar-refractivity contribution in [2.75, 3.05) is 5.32 Å². The number of amides is 1. The van der Waals surface area contributed by atoms with Crippen molar-refractivity contribution in [2.45, 2.75) is 39.9 Å². The third-order valence-electron chi connectivity index (χ3n) is 4.23. The van der Waals surface area contributed by atoms with Crippen LogP contribution in [0.4, 0.5) is 18.9 Å². The number of nitrogens with one attached hydrogen (secondary N) is 1. The smallest absolute Gasteiger partial charge is 0.326 e. The lowest BCUT2D eigenvalue weighted by Crippen LogP contribution is -2.15. The van der Waals surface area contributed by atoms with E-state index in [4.69, 9.17) is 0 Å². The Kier molecular flexibility index (Phi) is 5.26. The maximum absolute atomic E-state index is 12.8. The van der Waals surface area contributed by atoms with E-state index in [1.54, 1.807) is 35.9 Å². The molecule has 2 aromatic heterocycles. The van der Waals surface area contributed by atoms with E-state index in [2.05, 4.69) is 15.5 Å². The van der Waals surface area contributed by atoms with Crippen molar-refractivity contribution < 1.29 is 18.0 Å². The molecule has 0 atom stereocenters. The molecule has 9 heteroatoms. The zero-order valence-electron chi connectivity index (χ0n) is 15.7. The number of benzene rings is 1. The fraction of sp³-hybridized carbons (Fsp3) is 0.316. The van der Waals surface area contributed by atoms with Crippen LogP contribution in [0, 0.1) is 20.8 Å². The van der Waals surface area contributed by atoms with E-state index in [0.717, 1.165) is 17.5 Å². The SMILES string of the molecule is Cc1cc(C)n(CCC(=O)Nc2ccc(-n3nc(C(F)(F)F)cc3C)cc2)n1. The van der Waals surface area contributed by atoms with E-state index in [0.29, 0.717) is 23.6 Å². The third kappa shape index (κ3) is 4.41. The predicted octanol–water partition coefficient (Wildman–Crippen LogP) is 4.04. The van der Waals surface area contributed by atoms with Crippen molar-refractivity contribution in [1.82, 2.24) is 19.6 Å². The predicted molar refractivity (Wildman–Crippen MR) is 98.3 cm³/mol. The van der Waals surface area contributed by atoms with Gasteiger partial charge in [-0.25, -0.2) is 4.68 Å². The second-order valence-electron chi connectivity index (χ2n) is 6.58. The summed E-state index contributed by atoms with van der Waals surface area (Å²) in [5.74, 6) is -0.171. The van der Waals surface area contributed by atoms with Gasteiger partial charge in [-0.15, -0.1) is 0 Å². The molecule has 0 saturated carbocycles. The summed E-state index contributed by atoms with van der Waals surface area (Å²) < 4.78 is 41.4. The monoisotopic (exact) mass is 391 g/mol. The van der Waals surface area contributed by atoms with E-state index in [-0.39, 0.29) is 12.3 Å². The number of carbonyl (C=O) groups is 1. The van der Waals surface area contributed by atoms with Crippen LogP contribution in [-0.2, 0) is 17.5 Å². The first kappa shape index (κ1) is 19.7. The molecule has 0 aliphatic carbocycles. The van der Waals surface area contributed by atoms with Crippen molar-refractivity contribution in [2.24, 2.45) is 0 Å². The van der Waals surface area contributed by atoms with Gasteiger partial charge in [0.25, 0.3) is 0 Å². The Morgan fingerprint density at radius 2 is 1.71 bits per heavy atom. The summed E-state index contributed by atoms with van der Waals surface area (Å²) in [6, 6.07) is 9.41. The number of hydrogen-bond donors (Lipinski definition) is 1. The van der Waals surface area contributed by atoms with Gasteiger partial charge in [-0.1, -0.05) is 0 Å². The van der Waals surface area contributed by atoms with Gasteiger partial charge in [0.2, 0.25) is 5.91 Å². The Bertz CT molecular complexity index is 986. The van der Waals surface area contributed by atoms with E-state index in [1.807, 2.05) is 19.9 Å². The van der Waals surface area contributed by atoms with E-state index in [1.165, 1.54) is 4.68 Å². The lowest BCUT2D eigenvalue weighted by molar-refractivity contribution is -0.141. The van der Waals surface area contributed by atoms with Crippen molar-refractivity contribution in [3.63, 3.8) is 0 Å². The van der Waals surface area contributed by atoms with Crippen LogP contribution in [0.5, 0.6) is 0 Å². The number of nitrogens with zero attached hydrogens (tertiary/aromatic N) is 4. The minimum absolute atomic E-state index is 0.171. The average Bonchev–Trinajstić information content (AvgIpc) is 3.15. The number of hydrogen-bond acceptors (Lipinski definition) is 3. The van der Waals surface area contributed by atoms with Crippen LogP contribution in [0.2, 0.25) is 0 Å². The van der Waals surface area contributed by atoms with Crippen molar-refractivity contribution in [3.8, 4) is 5.69 Å². The maximum Gasteiger partial charge on any atom is 0.435 e. The first-order valence-electron chi connectivity index (χ1n) is 8.68. The fourth-order valence-electron chi connectivity index (χ4n) is 2.89. The largest absolute Gasteiger partial charge is 0.435 e. The quantitative estimate of drug-likeness (QED) is 0.714. The highest BCUT2D eigenvalue weighted by atomic mass is 19.4. The zero-order valence-corrected chi connectivity index (χ0v) is 15.7. The molecule has 0 aliphatic heterocycles. The van der Waals surface area contributed by atoms with E-state index >= 15 is 0 Å². The van der Waals surface area contributed by atoms with Gasteiger partial charge in [0.1, 0.15) is 0 Å². The highest BCUT2D eigenvalue weighted by Gasteiger charge is 2.34. The van der Waals surface area contributed by atoms with Crippen LogP contribution >= 0.6 is 0 Å². The molecular weight excluding hydrogens is 371 g/mol. The molecular formula is C19H20F3N5O. The van der Waals surface area contributed by atoms with E-state index < -0.39 is 11.9 Å². The molecule has 0 radical (unpaired) electrons. The van der Waals surface area contributed by atoms with Crippen molar-refractivity contribution in [1.29, 1.82) is 0 Å². The second-order valence-corrected chi connectivity index (χ2v) is 6.58. The average molecular weight is 391 g/mol. The molecule has 1 aromatic carbocycles. The minimum Gasteiger partial charge on any atom is -0.326 e. The third-order valence-corrected chi connectivity index (χ3v) is 4.23. The molecule has 1 amide bonds. The standard InChI is InChI=1S/C19H20F3N5O/c1-12-10-13(2)26(24-12)9-8-18(28)23-15-4-6-16(7-5-15)27-14(3)11-17(25-27)19(20,21)22/h4-7,10-11H,8-9H2,1-3H3,(H,23,28). The maximum atomic E-state index is 12.8. The summed E-state index contributed by atoms with van der Waals surface area (Å²) in [6.07, 6.45) is -4.23. The number of aryl methyl sites for hydroxylation is 4. The Morgan fingerprint density at radius 1 is 1.04 bits per heavy atom. The highest BCUT2D eigenvalue weighted by molar-refractivity contribution is 5.90. The van der Waals surface area contributed by atoms with Gasteiger partial charge in [-0.3, -0.25) is 9.48 Å². The molecule has 3 aromatic rings. The van der Waals surface area contributed by atoms with Gasteiger partial charge in [0, 0.05) is 30.0 Å². The lowest BCUT2D eigenvalue weighted by atomic mass is 10.2. The molecule has 0 spiro atoms. The summed E-state index contributed by atoms with van der Waals surface area (Å²) in [5, 5.41) is 10.7. The molecule has 2 heterocycles. The number of aromatic nitrogens is 4. The van der Waals surface area contributed by atoms with Crippen molar-refractivity contribution in [3.05, 3.63) is 59.2 Å². The molecule has 1 N–H and O–H groups in total. The molecule has 28 heavy (non-hydrogen) atoms. The first-order chi connectivity index (χ1) is 13.1. The topological polar surface area (TPSA) is 64.7 Å². The summed E-state index contributed by atoms with van der Waals surface area (Å²) in [4.78, 5) is 12.1. The number of anilines is 1. The van der Waals surface area contributed by atoms with Crippen LogP contribution in [0.3, 0.4) is 0 Å². The number of carbonyl (C=O) groups excluding carboxylic acids is 1. The van der Waals surface area contributed by atoms with Gasteiger partial charge < -0.3 is 5.32 Å². The van der Waals surface area contributed by atoms with Gasteiger partial charge in [0.15, 0.2) is 5.69 Å². The summed E-state index contributed by atoms with van der Waals surface area (Å²) in [6.45, 7) is 5.84. The summed E-state index contributed by atoms with van der Waals surface area (Å²) in [7, 11) is 0. The number of rotatable bonds is 5. The molecule has 6 nitrogen and oxygen atoms in total. The zero-order chi connectivity index (χ0) is 20.5. The Labute approximate surface area is 160 Å². The molecule has 0 aliphatic rings. The van der Waals surface area contributed by atoms with Crippen LogP contribution in [0.1, 0.15) is 29.2 Å². The van der Waals surface area contributed by atoms with Gasteiger partial charge >= 0.3 is 6.18 Å². The van der Waals surface area contributed by atoms with Gasteiger partial charge in [0.05, 0.1) is 11.4 Å². The second kappa shape index (κ2) is 7.49.